The number of nitrogens with one attached hydrogen (secondary N) is 1. The molecule has 0 atom stereocenters. The molecule has 13 nitrogen and oxygen atoms in total. The topological polar surface area (TPSA) is 176 Å². The standard InChI is InChI=1S/C14H11F3N6O7/c1-6-9(21(25)26)3-8(4-10(6)22(27)28)18-11(24)5-20-7(2)12(23(29)30)13(19-20)14(15,16)17/h3-4H,5H2,1-2H3,(H,18,24). The van der Waals surface area contributed by atoms with Crippen molar-refractivity contribution in [2.75, 3.05) is 5.32 Å². The van der Waals surface area contributed by atoms with E-state index in [9.17, 15) is 48.3 Å². The molecule has 0 saturated carbocycles. The summed E-state index contributed by atoms with van der Waals surface area (Å²) in [5.41, 5.74) is -5.62. The molecule has 0 aliphatic rings. The molecule has 1 aromatic heterocycles. The quantitative estimate of drug-likeness (QED) is 0.535. The summed E-state index contributed by atoms with van der Waals surface area (Å²) in [5.74, 6) is -1.07. The van der Waals surface area contributed by atoms with Crippen molar-refractivity contribution >= 4 is 28.7 Å². The third kappa shape index (κ3) is 4.31. The normalized spacial score (nSPS) is 11.2. The van der Waals surface area contributed by atoms with Crippen LogP contribution in [0.5, 0.6) is 0 Å². The summed E-state index contributed by atoms with van der Waals surface area (Å²) >= 11 is 0. The molecule has 0 unspecified atom stereocenters. The summed E-state index contributed by atoms with van der Waals surface area (Å²) < 4.78 is 39.3. The highest BCUT2D eigenvalue weighted by Crippen LogP contribution is 2.37. The van der Waals surface area contributed by atoms with E-state index in [1.165, 1.54) is 0 Å². The van der Waals surface area contributed by atoms with Gasteiger partial charge in [-0.05, 0) is 13.8 Å². The Balaban J connectivity index is 2.38. The number of hydrogen-bond donors (Lipinski definition) is 1. The van der Waals surface area contributed by atoms with Gasteiger partial charge < -0.3 is 5.32 Å². The fraction of sp³-hybridized carbons (Fsp3) is 0.286. The van der Waals surface area contributed by atoms with E-state index in [1.54, 1.807) is 0 Å². The molecule has 2 aromatic rings. The highest BCUT2D eigenvalue weighted by Gasteiger charge is 2.44. The second kappa shape index (κ2) is 7.72. The van der Waals surface area contributed by atoms with Crippen LogP contribution in [0.15, 0.2) is 12.1 Å². The number of nitro benzene ring substituents is 2. The lowest BCUT2D eigenvalue weighted by Crippen LogP contribution is -2.21. The van der Waals surface area contributed by atoms with Gasteiger partial charge in [0.2, 0.25) is 11.6 Å². The zero-order chi connectivity index (χ0) is 23.0. The van der Waals surface area contributed by atoms with Crippen molar-refractivity contribution in [2.45, 2.75) is 26.6 Å². The summed E-state index contributed by atoms with van der Waals surface area (Å²) in [6.45, 7) is 1.17. The molecular formula is C14H11F3N6O7. The Morgan fingerprint density at radius 2 is 1.57 bits per heavy atom. The lowest BCUT2D eigenvalue weighted by Gasteiger charge is -2.08. The molecule has 1 aromatic carbocycles. The van der Waals surface area contributed by atoms with Gasteiger partial charge in [-0.3, -0.25) is 39.8 Å². The summed E-state index contributed by atoms with van der Waals surface area (Å²) in [4.78, 5) is 42.1. The number of alkyl halides is 3. The van der Waals surface area contributed by atoms with Crippen molar-refractivity contribution in [1.82, 2.24) is 9.78 Å². The number of amides is 1. The summed E-state index contributed by atoms with van der Waals surface area (Å²) in [5, 5.41) is 38.2. The second-order valence-corrected chi connectivity index (χ2v) is 5.90. The number of anilines is 1. The first-order valence-corrected chi connectivity index (χ1v) is 7.76. The van der Waals surface area contributed by atoms with Crippen LogP contribution < -0.4 is 5.32 Å². The molecule has 0 bridgehead atoms. The maximum Gasteiger partial charge on any atom is 0.442 e. The number of nitro groups is 3. The molecule has 2 rings (SSSR count). The number of rotatable bonds is 6. The van der Waals surface area contributed by atoms with Crippen molar-refractivity contribution in [3.8, 4) is 0 Å². The molecule has 0 aliphatic carbocycles. The zero-order valence-corrected chi connectivity index (χ0v) is 15.1. The van der Waals surface area contributed by atoms with Crippen molar-refractivity contribution in [3.63, 3.8) is 0 Å². The summed E-state index contributed by atoms with van der Waals surface area (Å²) in [6, 6.07) is 1.67. The number of carbonyl (C=O) groups is 1. The molecule has 30 heavy (non-hydrogen) atoms. The first-order valence-electron chi connectivity index (χ1n) is 7.76. The number of nitrogens with zero attached hydrogens (tertiary/aromatic N) is 5. The van der Waals surface area contributed by atoms with Crippen LogP contribution in [0.2, 0.25) is 0 Å². The first-order chi connectivity index (χ1) is 13.7. The van der Waals surface area contributed by atoms with Crippen LogP contribution in [0.1, 0.15) is 17.0 Å². The minimum Gasteiger partial charge on any atom is -0.324 e. The number of hydrogen-bond acceptors (Lipinski definition) is 8. The third-order valence-electron chi connectivity index (χ3n) is 3.95. The van der Waals surface area contributed by atoms with Gasteiger partial charge in [-0.25, -0.2) is 0 Å². The maximum absolute atomic E-state index is 13.0. The Labute approximate surface area is 163 Å². The van der Waals surface area contributed by atoms with Crippen LogP contribution in [-0.2, 0) is 17.5 Å². The fourth-order valence-electron chi connectivity index (χ4n) is 2.57. The minimum absolute atomic E-state index is 0.267. The predicted molar refractivity (Wildman–Crippen MR) is 91.7 cm³/mol. The van der Waals surface area contributed by atoms with Gasteiger partial charge in [0.1, 0.15) is 17.8 Å². The van der Waals surface area contributed by atoms with Gasteiger partial charge in [-0.15, -0.1) is 0 Å². The van der Waals surface area contributed by atoms with Gasteiger partial charge in [0.15, 0.2) is 0 Å². The smallest absolute Gasteiger partial charge is 0.324 e. The summed E-state index contributed by atoms with van der Waals surface area (Å²) in [7, 11) is 0. The summed E-state index contributed by atoms with van der Waals surface area (Å²) in [6.07, 6.45) is -5.15. The van der Waals surface area contributed by atoms with Crippen molar-refractivity contribution in [3.05, 3.63) is 59.4 Å². The van der Waals surface area contributed by atoms with E-state index in [1.807, 2.05) is 0 Å². The van der Waals surface area contributed by atoms with Crippen LogP contribution in [0.4, 0.5) is 35.9 Å². The predicted octanol–water partition coefficient (Wildman–Crippen LogP) is 2.88. The van der Waals surface area contributed by atoms with Crippen LogP contribution in [0, 0.1) is 44.2 Å². The van der Waals surface area contributed by atoms with E-state index in [4.69, 9.17) is 0 Å². The molecular weight excluding hydrogens is 421 g/mol. The number of halogens is 3. The van der Waals surface area contributed by atoms with Crippen LogP contribution in [-0.4, -0.2) is 30.5 Å². The lowest BCUT2D eigenvalue weighted by atomic mass is 10.1. The largest absolute Gasteiger partial charge is 0.442 e. The van der Waals surface area contributed by atoms with Gasteiger partial charge in [0, 0.05) is 12.1 Å². The number of aromatic nitrogens is 2. The Kier molecular flexibility index (Phi) is 5.71. The molecule has 1 amide bonds. The van der Waals surface area contributed by atoms with Gasteiger partial charge in [-0.2, -0.15) is 18.3 Å². The molecule has 1 N–H and O–H groups in total. The van der Waals surface area contributed by atoms with Gasteiger partial charge >= 0.3 is 11.9 Å². The van der Waals surface area contributed by atoms with Crippen LogP contribution in [0.25, 0.3) is 0 Å². The van der Waals surface area contributed by atoms with Crippen molar-refractivity contribution < 1.29 is 32.7 Å². The zero-order valence-electron chi connectivity index (χ0n) is 15.1. The third-order valence-corrected chi connectivity index (χ3v) is 3.95. The average molecular weight is 432 g/mol. The van der Waals surface area contributed by atoms with E-state index in [0.29, 0.717) is 4.68 Å². The molecule has 0 aliphatic heterocycles. The second-order valence-electron chi connectivity index (χ2n) is 5.90. The Morgan fingerprint density at radius 3 is 1.93 bits per heavy atom. The van der Waals surface area contributed by atoms with E-state index in [0.717, 1.165) is 26.0 Å². The maximum atomic E-state index is 13.0. The van der Waals surface area contributed by atoms with E-state index in [-0.39, 0.29) is 11.3 Å². The van der Waals surface area contributed by atoms with E-state index in [2.05, 4.69) is 10.4 Å². The Morgan fingerprint density at radius 1 is 1.07 bits per heavy atom. The van der Waals surface area contributed by atoms with Gasteiger partial charge in [0.05, 0.1) is 20.5 Å². The van der Waals surface area contributed by atoms with Crippen molar-refractivity contribution in [1.29, 1.82) is 0 Å². The number of carbonyl (C=O) groups excluding carboxylic acids is 1. The average Bonchev–Trinajstić information content (AvgIpc) is 2.92. The number of benzene rings is 1. The molecule has 1 heterocycles. The fourth-order valence-corrected chi connectivity index (χ4v) is 2.57. The Hall–Kier alpha value is -4.11. The molecule has 16 heteroatoms. The van der Waals surface area contributed by atoms with E-state index < -0.39 is 61.8 Å². The minimum atomic E-state index is -5.15. The Bertz CT molecular complexity index is 1040. The van der Waals surface area contributed by atoms with Gasteiger partial charge in [-0.1, -0.05) is 0 Å². The van der Waals surface area contributed by atoms with Crippen molar-refractivity contribution in [2.24, 2.45) is 0 Å². The monoisotopic (exact) mass is 432 g/mol. The molecule has 0 saturated heterocycles. The SMILES string of the molecule is Cc1c([N+](=O)[O-])cc(NC(=O)Cn2nc(C(F)(F)F)c([N+](=O)[O-])c2C)cc1[N+](=O)[O-]. The lowest BCUT2D eigenvalue weighted by molar-refractivity contribution is -0.395. The molecule has 0 spiro atoms. The molecule has 0 fully saturated rings. The van der Waals surface area contributed by atoms with Gasteiger partial charge in [0.25, 0.3) is 11.4 Å². The highest BCUT2D eigenvalue weighted by atomic mass is 19.4. The highest BCUT2D eigenvalue weighted by molar-refractivity contribution is 5.91. The molecule has 0 radical (unpaired) electrons. The van der Waals surface area contributed by atoms with E-state index >= 15 is 0 Å². The first kappa shape index (κ1) is 22.2. The van der Waals surface area contributed by atoms with Crippen LogP contribution >= 0.6 is 0 Å². The molecule has 160 valence electrons. The van der Waals surface area contributed by atoms with Crippen LogP contribution in [0.3, 0.4) is 0 Å².